The van der Waals surface area contributed by atoms with Gasteiger partial charge in [-0.3, -0.25) is 4.79 Å². The second kappa shape index (κ2) is 12.2. The second-order valence-electron chi connectivity index (χ2n) is 4.93. The van der Waals surface area contributed by atoms with Gasteiger partial charge in [-0.25, -0.2) is 4.99 Å². The predicted octanol–water partition coefficient (Wildman–Crippen LogP) is 2.31. The van der Waals surface area contributed by atoms with Crippen LogP contribution in [0.5, 0.6) is 0 Å². The molecule has 0 heterocycles. The van der Waals surface area contributed by atoms with Gasteiger partial charge < -0.3 is 15.5 Å². The maximum absolute atomic E-state index is 11.6. The lowest BCUT2D eigenvalue weighted by Crippen LogP contribution is -2.39. The smallest absolute Gasteiger partial charge is 0.243 e. The van der Waals surface area contributed by atoms with Crippen LogP contribution in [0.1, 0.15) is 5.56 Å². The fourth-order valence-electron chi connectivity index (χ4n) is 1.61. The van der Waals surface area contributed by atoms with Gasteiger partial charge in [0.1, 0.15) is 6.54 Å². The van der Waals surface area contributed by atoms with Gasteiger partial charge in [0.05, 0.1) is 0 Å². The molecule has 0 aliphatic rings. The van der Waals surface area contributed by atoms with E-state index in [1.165, 1.54) is 10.5 Å². The Morgan fingerprint density at radius 1 is 1.30 bits per heavy atom. The van der Waals surface area contributed by atoms with Gasteiger partial charge in [-0.1, -0.05) is 29.8 Å². The van der Waals surface area contributed by atoms with E-state index in [1.807, 2.05) is 24.3 Å². The first-order chi connectivity index (χ1) is 10.5. The van der Waals surface area contributed by atoms with Crippen molar-refractivity contribution in [2.24, 2.45) is 4.99 Å². The number of rotatable bonds is 7. The zero-order valence-corrected chi connectivity index (χ0v) is 16.6. The molecule has 0 aliphatic heterocycles. The van der Waals surface area contributed by atoms with Crippen LogP contribution < -0.4 is 10.6 Å². The molecule has 1 rings (SSSR count). The molecule has 0 aromatic heterocycles. The lowest BCUT2D eigenvalue weighted by molar-refractivity contribution is -0.127. The minimum Gasteiger partial charge on any atom is -0.356 e. The summed E-state index contributed by atoms with van der Waals surface area (Å²) in [4.78, 5) is 17.4. The molecule has 0 fully saturated rings. The van der Waals surface area contributed by atoms with Crippen LogP contribution in [0.3, 0.4) is 0 Å². The van der Waals surface area contributed by atoms with Crippen LogP contribution in [0.2, 0.25) is 5.02 Å². The third kappa shape index (κ3) is 9.45. The Morgan fingerprint density at radius 3 is 2.52 bits per heavy atom. The van der Waals surface area contributed by atoms with Crippen LogP contribution in [-0.2, 0) is 11.2 Å². The van der Waals surface area contributed by atoms with E-state index in [1.54, 1.807) is 20.2 Å². The summed E-state index contributed by atoms with van der Waals surface area (Å²) in [5.74, 6) is 0.557. The third-order valence-electron chi connectivity index (χ3n) is 2.90. The molecule has 1 amide bonds. The zero-order valence-electron chi connectivity index (χ0n) is 13.5. The number of nitrogens with one attached hydrogen (secondary N) is 2. The monoisotopic (exact) mass is 450 g/mol. The van der Waals surface area contributed by atoms with Crippen molar-refractivity contribution in [1.29, 1.82) is 0 Å². The van der Waals surface area contributed by atoms with Crippen molar-refractivity contribution in [2.45, 2.75) is 6.42 Å². The first-order valence-electron chi connectivity index (χ1n) is 7.10. The third-order valence-corrected chi connectivity index (χ3v) is 3.16. The number of carbonyl (C=O) groups excluding carboxylic acids is 1. The minimum atomic E-state index is -0.0441. The quantitative estimate of drug-likeness (QED) is 0.290. The standard InChI is InChI=1S/C16H23ClN4O.HI/c1-4-10-18-16(20-12-15(22)21(2)3)19-11-9-13-5-7-14(17)8-6-13;/h4-8H,1,9-12H2,2-3H3,(H2,18,19,20);1H. The predicted molar refractivity (Wildman–Crippen MR) is 108 cm³/mol. The van der Waals surface area contributed by atoms with Crippen molar-refractivity contribution in [2.75, 3.05) is 33.7 Å². The first-order valence-corrected chi connectivity index (χ1v) is 7.48. The van der Waals surface area contributed by atoms with Gasteiger partial charge in [0, 0.05) is 32.2 Å². The number of amides is 1. The molecule has 128 valence electrons. The maximum atomic E-state index is 11.6. The van der Waals surface area contributed by atoms with Crippen molar-refractivity contribution in [1.82, 2.24) is 15.5 Å². The minimum absolute atomic E-state index is 0. The lowest BCUT2D eigenvalue weighted by atomic mass is 10.1. The van der Waals surface area contributed by atoms with Gasteiger partial charge in [0.2, 0.25) is 5.91 Å². The molecule has 7 heteroatoms. The van der Waals surface area contributed by atoms with Crippen molar-refractivity contribution in [3.05, 3.63) is 47.5 Å². The first kappa shape index (κ1) is 21.7. The van der Waals surface area contributed by atoms with Gasteiger partial charge in [0.15, 0.2) is 5.96 Å². The summed E-state index contributed by atoms with van der Waals surface area (Å²) in [5.41, 5.74) is 1.18. The summed E-state index contributed by atoms with van der Waals surface area (Å²) in [6, 6.07) is 7.73. The number of likely N-dealkylation sites (N-methyl/N-ethyl adjacent to an activating group) is 1. The molecule has 23 heavy (non-hydrogen) atoms. The summed E-state index contributed by atoms with van der Waals surface area (Å²) in [6.45, 7) is 5.07. The van der Waals surface area contributed by atoms with Crippen molar-refractivity contribution in [3.8, 4) is 0 Å². The molecule has 0 saturated heterocycles. The summed E-state index contributed by atoms with van der Waals surface area (Å²) in [5, 5.41) is 7.02. The molecule has 0 aliphatic carbocycles. The zero-order chi connectivity index (χ0) is 16.4. The van der Waals surface area contributed by atoms with E-state index in [0.29, 0.717) is 19.0 Å². The Morgan fingerprint density at radius 2 is 1.96 bits per heavy atom. The van der Waals surface area contributed by atoms with Crippen LogP contribution in [0.4, 0.5) is 0 Å². The normalized spacial score (nSPS) is 10.5. The summed E-state index contributed by atoms with van der Waals surface area (Å²) in [6.07, 6.45) is 2.58. The summed E-state index contributed by atoms with van der Waals surface area (Å²) in [7, 11) is 3.42. The largest absolute Gasteiger partial charge is 0.356 e. The molecule has 0 unspecified atom stereocenters. The van der Waals surface area contributed by atoms with E-state index in [0.717, 1.165) is 11.4 Å². The Bertz CT molecular complexity index is 517. The highest BCUT2D eigenvalue weighted by molar-refractivity contribution is 14.0. The fourth-order valence-corrected chi connectivity index (χ4v) is 1.73. The van der Waals surface area contributed by atoms with E-state index in [2.05, 4.69) is 22.2 Å². The topological polar surface area (TPSA) is 56.7 Å². The maximum Gasteiger partial charge on any atom is 0.243 e. The number of nitrogens with zero attached hydrogens (tertiary/aromatic N) is 2. The average molecular weight is 451 g/mol. The van der Waals surface area contributed by atoms with E-state index in [9.17, 15) is 4.79 Å². The molecule has 0 atom stereocenters. The Labute approximate surface area is 160 Å². The fraction of sp³-hybridized carbons (Fsp3) is 0.375. The van der Waals surface area contributed by atoms with Crippen LogP contribution >= 0.6 is 35.6 Å². The van der Waals surface area contributed by atoms with Gasteiger partial charge in [-0.15, -0.1) is 30.6 Å². The lowest BCUT2D eigenvalue weighted by Gasteiger charge is -2.13. The van der Waals surface area contributed by atoms with Crippen LogP contribution in [0.15, 0.2) is 41.9 Å². The number of hydrogen-bond donors (Lipinski definition) is 2. The Hall–Kier alpha value is -1.28. The SMILES string of the molecule is C=CCNC(=NCC(=O)N(C)C)NCCc1ccc(Cl)cc1.I. The molecule has 0 bridgehead atoms. The van der Waals surface area contributed by atoms with Crippen molar-refractivity contribution >= 4 is 47.4 Å². The van der Waals surface area contributed by atoms with Crippen molar-refractivity contribution < 1.29 is 4.79 Å². The van der Waals surface area contributed by atoms with E-state index < -0.39 is 0 Å². The molecular formula is C16H24ClIN4O. The van der Waals surface area contributed by atoms with E-state index in [4.69, 9.17) is 11.6 Å². The van der Waals surface area contributed by atoms with E-state index >= 15 is 0 Å². The van der Waals surface area contributed by atoms with Crippen molar-refractivity contribution in [3.63, 3.8) is 0 Å². The molecule has 0 saturated carbocycles. The van der Waals surface area contributed by atoms with Crippen LogP contribution in [0, 0.1) is 0 Å². The number of guanidine groups is 1. The highest BCUT2D eigenvalue weighted by Gasteiger charge is 2.04. The van der Waals surface area contributed by atoms with Gasteiger partial charge in [0.25, 0.3) is 0 Å². The second-order valence-corrected chi connectivity index (χ2v) is 5.36. The summed E-state index contributed by atoms with van der Waals surface area (Å²) >= 11 is 5.86. The molecule has 0 spiro atoms. The van der Waals surface area contributed by atoms with Gasteiger partial charge in [-0.2, -0.15) is 0 Å². The highest BCUT2D eigenvalue weighted by Crippen LogP contribution is 2.09. The molecule has 0 radical (unpaired) electrons. The van der Waals surface area contributed by atoms with Gasteiger partial charge >= 0.3 is 0 Å². The molecule has 1 aromatic carbocycles. The highest BCUT2D eigenvalue weighted by atomic mass is 127. The number of carbonyl (C=O) groups is 1. The Kier molecular flexibility index (Phi) is 11.5. The number of hydrogen-bond acceptors (Lipinski definition) is 2. The molecule has 2 N–H and O–H groups in total. The number of benzene rings is 1. The number of aliphatic imine (C=N–C) groups is 1. The molecule has 1 aromatic rings. The van der Waals surface area contributed by atoms with E-state index in [-0.39, 0.29) is 36.4 Å². The summed E-state index contributed by atoms with van der Waals surface area (Å²) < 4.78 is 0. The molecule has 5 nitrogen and oxygen atoms in total. The Balaban J connectivity index is 0.00000484. The molecular weight excluding hydrogens is 427 g/mol. The van der Waals surface area contributed by atoms with Crippen LogP contribution in [-0.4, -0.2) is 50.5 Å². The van der Waals surface area contributed by atoms with Crippen LogP contribution in [0.25, 0.3) is 0 Å². The number of halogens is 2. The average Bonchev–Trinajstić information content (AvgIpc) is 2.50. The van der Waals surface area contributed by atoms with Gasteiger partial charge in [-0.05, 0) is 24.1 Å².